The molecule has 92 valence electrons. The molecule has 1 saturated carbocycles. The van der Waals surface area contributed by atoms with Crippen LogP contribution in [-0.2, 0) is 9.53 Å². The van der Waals surface area contributed by atoms with Crippen molar-refractivity contribution in [2.45, 2.75) is 40.2 Å². The maximum atomic E-state index is 11.7. The minimum atomic E-state index is -0.363. The predicted molar refractivity (Wildman–Crippen MR) is 68.3 cm³/mol. The minimum absolute atomic E-state index is 0.199. The summed E-state index contributed by atoms with van der Waals surface area (Å²) in [6.45, 7) is 8.17. The van der Waals surface area contributed by atoms with Gasteiger partial charge in [0.1, 0.15) is 6.04 Å². The molecular weight excluding hydrogens is 222 g/mol. The average molecular weight is 243 g/mol. The lowest BCUT2D eigenvalue weighted by molar-refractivity contribution is -0.145. The Morgan fingerprint density at radius 3 is 2.31 bits per heavy atom. The molecule has 16 heavy (non-hydrogen) atoms. The molecule has 4 heteroatoms. The number of hydrogen-bond acceptors (Lipinski definition) is 3. The van der Waals surface area contributed by atoms with E-state index in [4.69, 9.17) is 17.0 Å². The number of rotatable bonds is 3. The summed E-state index contributed by atoms with van der Waals surface area (Å²) < 4.78 is 4.81. The number of esters is 1. The predicted octanol–water partition coefficient (Wildman–Crippen LogP) is 2.15. The molecule has 3 atom stereocenters. The minimum Gasteiger partial charge on any atom is -0.467 e. The summed E-state index contributed by atoms with van der Waals surface area (Å²) in [5, 5.41) is 3.16. The van der Waals surface area contributed by atoms with Gasteiger partial charge >= 0.3 is 5.97 Å². The smallest absolute Gasteiger partial charge is 0.328 e. The first-order chi connectivity index (χ1) is 7.27. The third-order valence-corrected chi connectivity index (χ3v) is 3.46. The molecule has 1 N–H and O–H groups in total. The van der Waals surface area contributed by atoms with Crippen molar-refractivity contribution in [3.8, 4) is 0 Å². The van der Waals surface area contributed by atoms with E-state index in [1.807, 2.05) is 20.8 Å². The molecule has 1 aliphatic carbocycles. The zero-order valence-corrected chi connectivity index (χ0v) is 11.5. The second-order valence-electron chi connectivity index (χ2n) is 5.65. The van der Waals surface area contributed by atoms with Crippen molar-refractivity contribution < 1.29 is 9.53 Å². The molecular formula is C12H21NO2S. The summed E-state index contributed by atoms with van der Waals surface area (Å²) in [6.07, 6.45) is 1.13. The third kappa shape index (κ3) is 3.17. The number of hydrogen-bond donors (Lipinski definition) is 1. The van der Waals surface area contributed by atoms with Gasteiger partial charge in [0.15, 0.2) is 0 Å². The molecule has 0 amide bonds. The highest BCUT2D eigenvalue weighted by atomic mass is 32.1. The molecule has 0 spiro atoms. The van der Waals surface area contributed by atoms with Gasteiger partial charge < -0.3 is 10.1 Å². The van der Waals surface area contributed by atoms with E-state index in [-0.39, 0.29) is 17.4 Å². The number of carbonyl (C=O) groups excluding carboxylic acids is 1. The molecule has 1 rings (SSSR count). The molecule has 1 aliphatic rings. The second-order valence-corrected chi connectivity index (χ2v) is 6.09. The average Bonchev–Trinajstić information content (AvgIpc) is 2.88. The molecule has 0 radical (unpaired) electrons. The molecule has 0 bridgehead atoms. The van der Waals surface area contributed by atoms with E-state index < -0.39 is 0 Å². The molecule has 3 nitrogen and oxygen atoms in total. The Labute approximate surface area is 103 Å². The molecule has 0 heterocycles. The first-order valence-corrected chi connectivity index (χ1v) is 6.06. The highest BCUT2D eigenvalue weighted by Gasteiger charge is 2.40. The van der Waals surface area contributed by atoms with E-state index in [0.717, 1.165) is 11.4 Å². The first-order valence-electron chi connectivity index (χ1n) is 5.65. The van der Waals surface area contributed by atoms with E-state index in [1.54, 1.807) is 0 Å². The molecule has 0 aromatic rings. The highest BCUT2D eigenvalue weighted by Crippen LogP contribution is 2.38. The van der Waals surface area contributed by atoms with Crippen molar-refractivity contribution in [3.05, 3.63) is 0 Å². The van der Waals surface area contributed by atoms with Crippen molar-refractivity contribution in [3.63, 3.8) is 0 Å². The molecule has 0 saturated heterocycles. The highest BCUT2D eigenvalue weighted by molar-refractivity contribution is 7.80. The van der Waals surface area contributed by atoms with Crippen LogP contribution in [0.4, 0.5) is 0 Å². The third-order valence-electron chi connectivity index (χ3n) is 3.04. The summed E-state index contributed by atoms with van der Waals surface area (Å²) in [6, 6.07) is -0.363. The summed E-state index contributed by atoms with van der Waals surface area (Å²) in [7, 11) is 1.41. The fraction of sp³-hybridized carbons (Fsp3) is 0.833. The Morgan fingerprint density at radius 2 is 2.00 bits per heavy atom. The Balaban J connectivity index is 2.64. The SMILES string of the molecule is COC(=O)[C@@H](NC(=S)C1C[C@H]1C)C(C)(C)C. The molecule has 0 aromatic heterocycles. The van der Waals surface area contributed by atoms with Crippen LogP contribution in [0.15, 0.2) is 0 Å². The normalized spacial score (nSPS) is 25.8. The van der Waals surface area contributed by atoms with Crippen molar-refractivity contribution >= 4 is 23.2 Å². The van der Waals surface area contributed by atoms with E-state index in [0.29, 0.717) is 11.8 Å². The van der Waals surface area contributed by atoms with E-state index >= 15 is 0 Å². The topological polar surface area (TPSA) is 38.3 Å². The van der Waals surface area contributed by atoms with Gasteiger partial charge in [-0.2, -0.15) is 0 Å². The maximum absolute atomic E-state index is 11.7. The first kappa shape index (κ1) is 13.4. The van der Waals surface area contributed by atoms with E-state index in [2.05, 4.69) is 12.2 Å². The second kappa shape index (κ2) is 4.70. The molecule has 1 unspecified atom stereocenters. The van der Waals surface area contributed by atoms with Crippen molar-refractivity contribution in [2.75, 3.05) is 7.11 Å². The van der Waals surface area contributed by atoms with Gasteiger partial charge in [-0.05, 0) is 17.8 Å². The number of nitrogens with one attached hydrogen (secondary N) is 1. The summed E-state index contributed by atoms with van der Waals surface area (Å²) in [5.74, 6) is 0.853. The number of carbonyl (C=O) groups is 1. The van der Waals surface area contributed by atoms with Crippen molar-refractivity contribution in [2.24, 2.45) is 17.3 Å². The zero-order valence-electron chi connectivity index (χ0n) is 10.7. The molecule has 0 aromatic carbocycles. The van der Waals surface area contributed by atoms with Crippen LogP contribution >= 0.6 is 12.2 Å². The Morgan fingerprint density at radius 1 is 1.50 bits per heavy atom. The van der Waals surface area contributed by atoms with Gasteiger partial charge in [-0.1, -0.05) is 39.9 Å². The van der Waals surface area contributed by atoms with Gasteiger partial charge in [0, 0.05) is 5.92 Å². The fourth-order valence-electron chi connectivity index (χ4n) is 1.68. The molecule has 0 aliphatic heterocycles. The van der Waals surface area contributed by atoms with Crippen LogP contribution in [0.2, 0.25) is 0 Å². The monoisotopic (exact) mass is 243 g/mol. The lowest BCUT2D eigenvalue weighted by atomic mass is 9.86. The van der Waals surface area contributed by atoms with Gasteiger partial charge in [-0.15, -0.1) is 0 Å². The Hall–Kier alpha value is -0.640. The van der Waals surface area contributed by atoms with Crippen molar-refractivity contribution in [1.29, 1.82) is 0 Å². The van der Waals surface area contributed by atoms with Crippen LogP contribution < -0.4 is 5.32 Å². The van der Waals surface area contributed by atoms with Gasteiger partial charge in [0.05, 0.1) is 12.1 Å². The number of ether oxygens (including phenoxy) is 1. The van der Waals surface area contributed by atoms with Gasteiger partial charge in [0.25, 0.3) is 0 Å². The Kier molecular flexibility index (Phi) is 3.94. The number of methoxy groups -OCH3 is 1. The standard InChI is InChI=1S/C12H21NO2S/c1-7-6-8(7)10(16)13-9(11(14)15-5)12(2,3)4/h7-9H,6H2,1-5H3,(H,13,16)/t7-,8?,9-/m1/s1. The van der Waals surface area contributed by atoms with Crippen LogP contribution in [-0.4, -0.2) is 24.1 Å². The summed E-state index contributed by atoms with van der Waals surface area (Å²) >= 11 is 5.31. The van der Waals surface area contributed by atoms with E-state index in [1.165, 1.54) is 7.11 Å². The summed E-state index contributed by atoms with van der Waals surface area (Å²) in [4.78, 5) is 12.5. The van der Waals surface area contributed by atoms with Gasteiger partial charge in [-0.3, -0.25) is 0 Å². The van der Waals surface area contributed by atoms with Crippen LogP contribution in [0.3, 0.4) is 0 Å². The van der Waals surface area contributed by atoms with Gasteiger partial charge in [-0.25, -0.2) is 4.79 Å². The Bertz CT molecular complexity index is 296. The summed E-state index contributed by atoms with van der Waals surface area (Å²) in [5.41, 5.74) is -0.199. The van der Waals surface area contributed by atoms with Crippen LogP contribution in [0.25, 0.3) is 0 Å². The van der Waals surface area contributed by atoms with Crippen LogP contribution in [0.1, 0.15) is 34.1 Å². The molecule has 1 fully saturated rings. The van der Waals surface area contributed by atoms with Gasteiger partial charge in [0.2, 0.25) is 0 Å². The van der Waals surface area contributed by atoms with E-state index in [9.17, 15) is 4.79 Å². The van der Waals surface area contributed by atoms with Crippen LogP contribution in [0.5, 0.6) is 0 Å². The van der Waals surface area contributed by atoms with Crippen molar-refractivity contribution in [1.82, 2.24) is 5.32 Å². The largest absolute Gasteiger partial charge is 0.467 e. The van der Waals surface area contributed by atoms with Crippen LogP contribution in [0, 0.1) is 17.3 Å². The quantitative estimate of drug-likeness (QED) is 0.609. The lowest BCUT2D eigenvalue weighted by Gasteiger charge is -2.30. The fourth-order valence-corrected chi connectivity index (χ4v) is 2.13. The lowest BCUT2D eigenvalue weighted by Crippen LogP contribution is -2.49. The zero-order chi connectivity index (χ0) is 12.5. The maximum Gasteiger partial charge on any atom is 0.328 e. The number of thiocarbonyl (C=S) groups is 1.